The highest BCUT2D eigenvalue weighted by Gasteiger charge is 2.33. The van der Waals surface area contributed by atoms with E-state index in [0.29, 0.717) is 0 Å². The van der Waals surface area contributed by atoms with Gasteiger partial charge in [0.25, 0.3) is 0 Å². The van der Waals surface area contributed by atoms with Crippen molar-refractivity contribution in [3.63, 3.8) is 0 Å². The SMILES string of the molecule is COC1(C)CCCN(CC2CNCC2C)C1. The third kappa shape index (κ3) is 2.76. The largest absolute Gasteiger partial charge is 0.377 e. The summed E-state index contributed by atoms with van der Waals surface area (Å²) in [4.78, 5) is 2.60. The molecule has 0 bridgehead atoms. The topological polar surface area (TPSA) is 24.5 Å². The van der Waals surface area contributed by atoms with Gasteiger partial charge in [-0.1, -0.05) is 6.92 Å². The molecule has 2 fully saturated rings. The number of nitrogens with zero attached hydrogens (tertiary/aromatic N) is 1. The highest BCUT2D eigenvalue weighted by molar-refractivity contribution is 4.88. The Labute approximate surface area is 99.5 Å². The van der Waals surface area contributed by atoms with Crippen LogP contribution in [0.1, 0.15) is 26.7 Å². The molecule has 0 saturated carbocycles. The first-order valence-corrected chi connectivity index (χ1v) is 6.61. The Morgan fingerprint density at radius 1 is 1.44 bits per heavy atom. The molecule has 3 atom stereocenters. The number of methoxy groups -OCH3 is 1. The van der Waals surface area contributed by atoms with Gasteiger partial charge in [0.2, 0.25) is 0 Å². The van der Waals surface area contributed by atoms with Crippen molar-refractivity contribution in [3.8, 4) is 0 Å². The predicted molar refractivity (Wildman–Crippen MR) is 66.6 cm³/mol. The summed E-state index contributed by atoms with van der Waals surface area (Å²) < 4.78 is 5.64. The summed E-state index contributed by atoms with van der Waals surface area (Å²) in [5.74, 6) is 1.66. The number of ether oxygens (including phenoxy) is 1. The first-order chi connectivity index (χ1) is 7.63. The van der Waals surface area contributed by atoms with Crippen LogP contribution in [-0.4, -0.2) is 50.3 Å². The molecule has 3 unspecified atom stereocenters. The lowest BCUT2D eigenvalue weighted by molar-refractivity contribution is -0.0540. The lowest BCUT2D eigenvalue weighted by atomic mass is 9.92. The molecule has 2 aliphatic rings. The maximum absolute atomic E-state index is 5.64. The number of piperidine rings is 1. The molecule has 1 N–H and O–H groups in total. The van der Waals surface area contributed by atoms with E-state index in [1.54, 1.807) is 0 Å². The van der Waals surface area contributed by atoms with E-state index in [1.165, 1.54) is 39.0 Å². The minimum absolute atomic E-state index is 0.0908. The summed E-state index contributed by atoms with van der Waals surface area (Å²) in [6.07, 6.45) is 2.48. The number of nitrogens with one attached hydrogen (secondary N) is 1. The molecule has 2 aliphatic heterocycles. The second-order valence-corrected chi connectivity index (χ2v) is 5.89. The zero-order valence-electron chi connectivity index (χ0n) is 11.0. The second kappa shape index (κ2) is 5.03. The molecule has 94 valence electrons. The molecule has 2 saturated heterocycles. The van der Waals surface area contributed by atoms with Crippen molar-refractivity contribution in [2.24, 2.45) is 11.8 Å². The monoisotopic (exact) mass is 226 g/mol. The molecule has 0 amide bonds. The molecule has 0 spiro atoms. The van der Waals surface area contributed by atoms with Crippen LogP contribution in [-0.2, 0) is 4.74 Å². The third-order valence-electron chi connectivity index (χ3n) is 4.40. The van der Waals surface area contributed by atoms with E-state index >= 15 is 0 Å². The van der Waals surface area contributed by atoms with Gasteiger partial charge in [-0.2, -0.15) is 0 Å². The highest BCUT2D eigenvalue weighted by atomic mass is 16.5. The van der Waals surface area contributed by atoms with Crippen LogP contribution in [0.4, 0.5) is 0 Å². The number of hydrogen-bond donors (Lipinski definition) is 1. The average molecular weight is 226 g/mol. The van der Waals surface area contributed by atoms with E-state index in [1.807, 2.05) is 7.11 Å². The molecule has 0 aromatic heterocycles. The van der Waals surface area contributed by atoms with Gasteiger partial charge >= 0.3 is 0 Å². The second-order valence-electron chi connectivity index (χ2n) is 5.89. The van der Waals surface area contributed by atoms with Gasteiger partial charge in [0.15, 0.2) is 0 Å². The van der Waals surface area contributed by atoms with Gasteiger partial charge in [-0.25, -0.2) is 0 Å². The summed E-state index contributed by atoms with van der Waals surface area (Å²) in [5.41, 5.74) is 0.0908. The van der Waals surface area contributed by atoms with Gasteiger partial charge in [0, 0.05) is 20.2 Å². The molecule has 2 rings (SSSR count). The highest BCUT2D eigenvalue weighted by Crippen LogP contribution is 2.26. The Balaban J connectivity index is 1.85. The van der Waals surface area contributed by atoms with Crippen LogP contribution in [0, 0.1) is 11.8 Å². The summed E-state index contributed by atoms with van der Waals surface area (Å²) in [6.45, 7) is 10.6. The standard InChI is InChI=1S/C13H26N2O/c1-11-7-14-8-12(11)9-15-6-4-5-13(2,10-15)16-3/h11-12,14H,4-10H2,1-3H3. The van der Waals surface area contributed by atoms with Crippen LogP contribution >= 0.6 is 0 Å². The van der Waals surface area contributed by atoms with Crippen LogP contribution < -0.4 is 5.32 Å². The molecule has 0 radical (unpaired) electrons. The maximum Gasteiger partial charge on any atom is 0.0777 e. The fourth-order valence-electron chi connectivity index (χ4n) is 3.07. The van der Waals surface area contributed by atoms with Crippen LogP contribution in [0.25, 0.3) is 0 Å². The predicted octanol–water partition coefficient (Wildman–Crippen LogP) is 1.34. The minimum atomic E-state index is 0.0908. The van der Waals surface area contributed by atoms with E-state index in [9.17, 15) is 0 Å². The molecule has 16 heavy (non-hydrogen) atoms. The van der Waals surface area contributed by atoms with Crippen molar-refractivity contribution < 1.29 is 4.74 Å². The molecule has 3 nitrogen and oxygen atoms in total. The zero-order valence-corrected chi connectivity index (χ0v) is 11.0. The zero-order chi connectivity index (χ0) is 11.6. The summed E-state index contributed by atoms with van der Waals surface area (Å²) in [6, 6.07) is 0. The minimum Gasteiger partial charge on any atom is -0.377 e. The van der Waals surface area contributed by atoms with Gasteiger partial charge in [0.1, 0.15) is 0 Å². The first kappa shape index (κ1) is 12.3. The Morgan fingerprint density at radius 3 is 2.88 bits per heavy atom. The average Bonchev–Trinajstić information content (AvgIpc) is 2.65. The van der Waals surface area contributed by atoms with Crippen molar-refractivity contribution in [1.82, 2.24) is 10.2 Å². The van der Waals surface area contributed by atoms with Crippen molar-refractivity contribution in [3.05, 3.63) is 0 Å². The van der Waals surface area contributed by atoms with Crippen LogP contribution in [0.3, 0.4) is 0 Å². The van der Waals surface area contributed by atoms with E-state index < -0.39 is 0 Å². The van der Waals surface area contributed by atoms with E-state index in [2.05, 4.69) is 24.1 Å². The lowest BCUT2D eigenvalue weighted by Gasteiger charge is -2.40. The summed E-state index contributed by atoms with van der Waals surface area (Å²) >= 11 is 0. The Bertz CT molecular complexity index is 234. The van der Waals surface area contributed by atoms with Gasteiger partial charge in [-0.05, 0) is 51.2 Å². The quantitative estimate of drug-likeness (QED) is 0.786. The molecule has 0 aromatic carbocycles. The molecule has 0 aromatic rings. The lowest BCUT2D eigenvalue weighted by Crippen LogP contribution is -2.49. The van der Waals surface area contributed by atoms with Crippen LogP contribution in [0.2, 0.25) is 0 Å². The van der Waals surface area contributed by atoms with Crippen molar-refractivity contribution >= 4 is 0 Å². The van der Waals surface area contributed by atoms with E-state index in [0.717, 1.165) is 18.4 Å². The third-order valence-corrected chi connectivity index (χ3v) is 4.40. The van der Waals surface area contributed by atoms with E-state index in [4.69, 9.17) is 4.74 Å². The molecule has 0 aliphatic carbocycles. The van der Waals surface area contributed by atoms with E-state index in [-0.39, 0.29) is 5.60 Å². The van der Waals surface area contributed by atoms with Crippen molar-refractivity contribution in [2.75, 3.05) is 39.8 Å². The summed E-state index contributed by atoms with van der Waals surface area (Å²) in [7, 11) is 1.85. The van der Waals surface area contributed by atoms with Crippen LogP contribution in [0.5, 0.6) is 0 Å². The number of hydrogen-bond acceptors (Lipinski definition) is 3. The fourth-order valence-corrected chi connectivity index (χ4v) is 3.07. The Morgan fingerprint density at radius 2 is 2.25 bits per heavy atom. The first-order valence-electron chi connectivity index (χ1n) is 6.61. The fraction of sp³-hybridized carbons (Fsp3) is 1.00. The molecule has 3 heteroatoms. The molecule has 2 heterocycles. The maximum atomic E-state index is 5.64. The number of likely N-dealkylation sites (tertiary alicyclic amines) is 1. The Kier molecular flexibility index (Phi) is 3.88. The van der Waals surface area contributed by atoms with Gasteiger partial charge in [-0.3, -0.25) is 0 Å². The molecular weight excluding hydrogens is 200 g/mol. The Hall–Kier alpha value is -0.120. The van der Waals surface area contributed by atoms with Crippen molar-refractivity contribution in [2.45, 2.75) is 32.3 Å². The van der Waals surface area contributed by atoms with Gasteiger partial charge in [0.05, 0.1) is 5.60 Å². The van der Waals surface area contributed by atoms with Crippen molar-refractivity contribution in [1.29, 1.82) is 0 Å². The van der Waals surface area contributed by atoms with Gasteiger partial charge < -0.3 is 15.0 Å². The molecular formula is C13H26N2O. The number of rotatable bonds is 3. The van der Waals surface area contributed by atoms with Gasteiger partial charge in [-0.15, -0.1) is 0 Å². The normalized spacial score (nSPS) is 41.4. The summed E-state index contributed by atoms with van der Waals surface area (Å²) in [5, 5.41) is 3.49. The smallest absolute Gasteiger partial charge is 0.0777 e. The van der Waals surface area contributed by atoms with Crippen LogP contribution in [0.15, 0.2) is 0 Å².